The van der Waals surface area contributed by atoms with Gasteiger partial charge >= 0.3 is 11.9 Å². The fourth-order valence-corrected chi connectivity index (χ4v) is 5.65. The van der Waals surface area contributed by atoms with E-state index in [-0.39, 0.29) is 11.1 Å². The summed E-state index contributed by atoms with van der Waals surface area (Å²) in [5.41, 5.74) is 2.96. The Kier molecular flexibility index (Phi) is 5.44. The molecule has 2 aliphatic heterocycles. The highest BCUT2D eigenvalue weighted by Gasteiger charge is 2.57. The number of carbonyl (C=O) groups excluding carboxylic acids is 2. The number of carbonyl (C=O) groups is 2. The number of rotatable bonds is 4. The molecule has 6 heteroatoms. The zero-order chi connectivity index (χ0) is 25.6. The van der Waals surface area contributed by atoms with E-state index >= 15 is 0 Å². The van der Waals surface area contributed by atoms with Gasteiger partial charge in [0.25, 0.3) is 0 Å². The Labute approximate surface area is 214 Å². The van der Waals surface area contributed by atoms with Gasteiger partial charge in [0, 0.05) is 12.0 Å². The third-order valence-electron chi connectivity index (χ3n) is 7.35. The molecule has 4 aromatic rings. The maximum Gasteiger partial charge on any atom is 0.338 e. The number of methoxy groups -OCH3 is 2. The molecular formula is C31H24O6. The first kappa shape index (κ1) is 23.2. The second-order valence-electron chi connectivity index (χ2n) is 9.17. The molecule has 2 atom stereocenters. The fraction of sp³-hybridized carbons (Fsp3) is 0.161. The lowest BCUT2D eigenvalue weighted by Crippen LogP contribution is -2.45. The molecule has 0 aromatic heterocycles. The predicted octanol–water partition coefficient (Wildman–Crippen LogP) is 5.31. The van der Waals surface area contributed by atoms with E-state index < -0.39 is 23.1 Å². The molecular weight excluding hydrogens is 468 g/mol. The number of hydrogen-bond donors (Lipinski definition) is 0. The van der Waals surface area contributed by atoms with Crippen LogP contribution in [-0.4, -0.2) is 26.2 Å². The molecule has 2 bridgehead atoms. The topological polar surface area (TPSA) is 71.1 Å². The van der Waals surface area contributed by atoms with Gasteiger partial charge in [-0.1, -0.05) is 84.9 Å². The molecule has 0 N–H and O–H groups in total. The highest BCUT2D eigenvalue weighted by molar-refractivity contribution is 6.03. The van der Waals surface area contributed by atoms with E-state index in [0.29, 0.717) is 12.0 Å². The fourth-order valence-electron chi connectivity index (χ4n) is 5.65. The maximum absolute atomic E-state index is 13.0. The van der Waals surface area contributed by atoms with Crippen LogP contribution in [0.4, 0.5) is 0 Å². The summed E-state index contributed by atoms with van der Waals surface area (Å²) in [6.07, 6.45) is 0.451. The first-order valence-electron chi connectivity index (χ1n) is 12.0. The highest BCUT2D eigenvalue weighted by Crippen LogP contribution is 2.57. The lowest BCUT2D eigenvalue weighted by molar-refractivity contribution is -0.404. The van der Waals surface area contributed by atoms with Crippen molar-refractivity contribution >= 4 is 11.9 Å². The molecule has 1 aliphatic carbocycles. The van der Waals surface area contributed by atoms with Crippen molar-refractivity contribution in [2.24, 2.45) is 0 Å². The van der Waals surface area contributed by atoms with Gasteiger partial charge in [-0.15, -0.1) is 0 Å². The van der Waals surface area contributed by atoms with Crippen LogP contribution in [0.5, 0.6) is 0 Å². The molecule has 0 amide bonds. The molecule has 2 heterocycles. The van der Waals surface area contributed by atoms with Crippen molar-refractivity contribution in [3.05, 3.63) is 142 Å². The molecule has 3 aliphatic rings. The minimum Gasteiger partial charge on any atom is -0.465 e. The van der Waals surface area contributed by atoms with E-state index in [9.17, 15) is 9.59 Å². The quantitative estimate of drug-likeness (QED) is 0.284. The van der Waals surface area contributed by atoms with Crippen LogP contribution in [-0.2, 0) is 36.9 Å². The van der Waals surface area contributed by atoms with Gasteiger partial charge in [-0.05, 0) is 39.9 Å². The van der Waals surface area contributed by atoms with Crippen LogP contribution in [0.1, 0.15) is 54.1 Å². The first-order valence-corrected chi connectivity index (χ1v) is 12.0. The van der Waals surface area contributed by atoms with Gasteiger partial charge < -0.3 is 9.47 Å². The zero-order valence-corrected chi connectivity index (χ0v) is 20.4. The Morgan fingerprint density at radius 1 is 0.649 bits per heavy atom. The van der Waals surface area contributed by atoms with Gasteiger partial charge in [0.2, 0.25) is 0 Å². The Hall–Kier alpha value is -4.26. The van der Waals surface area contributed by atoms with Crippen molar-refractivity contribution in [2.45, 2.75) is 17.6 Å². The van der Waals surface area contributed by atoms with Crippen molar-refractivity contribution in [2.75, 3.05) is 14.2 Å². The van der Waals surface area contributed by atoms with Gasteiger partial charge in [0.05, 0.1) is 25.3 Å². The standard InChI is InChI=1S/C31H24O6/c1-34-28(32)23-17-26-27(18-24(23)29(33)35-2)31(22-14-7-4-8-15-22)25-16-10-9-11-20(25)19-30(26,36-37-31)21-12-5-3-6-13-21/h3-18H,19H2,1-2H3. The summed E-state index contributed by atoms with van der Waals surface area (Å²) in [7, 11) is 2.57. The second-order valence-corrected chi connectivity index (χ2v) is 9.17. The van der Waals surface area contributed by atoms with E-state index in [1.165, 1.54) is 14.2 Å². The van der Waals surface area contributed by atoms with Crippen LogP contribution >= 0.6 is 0 Å². The Morgan fingerprint density at radius 2 is 1.19 bits per heavy atom. The lowest BCUT2D eigenvalue weighted by Gasteiger charge is -2.44. The van der Waals surface area contributed by atoms with E-state index in [2.05, 4.69) is 6.07 Å². The molecule has 4 aromatic carbocycles. The summed E-state index contributed by atoms with van der Waals surface area (Å²) in [5, 5.41) is 0. The summed E-state index contributed by atoms with van der Waals surface area (Å²) in [6.45, 7) is 0. The van der Waals surface area contributed by atoms with Gasteiger partial charge in [-0.25, -0.2) is 19.4 Å². The number of hydrogen-bond acceptors (Lipinski definition) is 6. The minimum absolute atomic E-state index is 0.0975. The first-order chi connectivity index (χ1) is 18.0. The predicted molar refractivity (Wildman–Crippen MR) is 135 cm³/mol. The number of benzene rings is 4. The molecule has 2 unspecified atom stereocenters. The van der Waals surface area contributed by atoms with Crippen LogP contribution in [0.25, 0.3) is 0 Å². The number of esters is 2. The molecule has 7 rings (SSSR count). The van der Waals surface area contributed by atoms with Crippen LogP contribution in [0, 0.1) is 0 Å². The van der Waals surface area contributed by atoms with Crippen LogP contribution < -0.4 is 0 Å². The van der Waals surface area contributed by atoms with Crippen LogP contribution in [0.3, 0.4) is 0 Å². The highest BCUT2D eigenvalue weighted by atomic mass is 17.2. The van der Waals surface area contributed by atoms with Crippen molar-refractivity contribution in [3.63, 3.8) is 0 Å². The van der Waals surface area contributed by atoms with Crippen LogP contribution in [0.2, 0.25) is 0 Å². The molecule has 6 nitrogen and oxygen atoms in total. The molecule has 184 valence electrons. The molecule has 0 saturated carbocycles. The van der Waals surface area contributed by atoms with Crippen LogP contribution in [0.15, 0.2) is 97.1 Å². The smallest absolute Gasteiger partial charge is 0.338 e. The average molecular weight is 493 g/mol. The largest absolute Gasteiger partial charge is 0.465 e. The summed E-state index contributed by atoms with van der Waals surface area (Å²) < 4.78 is 10.1. The normalized spacial score (nSPS) is 21.4. The SMILES string of the molecule is COC(=O)c1cc2c(cc1C(=O)OC)C1(c3ccccc3)OOC2(c2ccccc2)Cc2ccccc21. The summed E-state index contributed by atoms with van der Waals surface area (Å²) >= 11 is 0. The van der Waals surface area contributed by atoms with Gasteiger partial charge in [-0.2, -0.15) is 0 Å². The van der Waals surface area contributed by atoms with Crippen molar-refractivity contribution < 1.29 is 28.8 Å². The van der Waals surface area contributed by atoms with Crippen molar-refractivity contribution in [3.8, 4) is 0 Å². The minimum atomic E-state index is -1.20. The average Bonchev–Trinajstić information content (AvgIpc) is 3.19. The third kappa shape index (κ3) is 3.26. The Balaban J connectivity index is 1.80. The summed E-state index contributed by atoms with van der Waals surface area (Å²) in [4.78, 5) is 38.9. The van der Waals surface area contributed by atoms with E-state index in [1.54, 1.807) is 12.1 Å². The Bertz CT molecular complexity index is 1510. The maximum atomic E-state index is 13.0. The molecule has 37 heavy (non-hydrogen) atoms. The number of ether oxygens (including phenoxy) is 2. The molecule has 0 saturated heterocycles. The molecule has 0 radical (unpaired) electrons. The zero-order valence-electron chi connectivity index (χ0n) is 20.4. The van der Waals surface area contributed by atoms with E-state index in [1.807, 2.05) is 78.9 Å². The third-order valence-corrected chi connectivity index (χ3v) is 7.35. The molecule has 0 fully saturated rings. The van der Waals surface area contributed by atoms with Gasteiger partial charge in [0.1, 0.15) is 0 Å². The van der Waals surface area contributed by atoms with Gasteiger partial charge in [-0.3, -0.25) is 0 Å². The molecule has 0 spiro atoms. The van der Waals surface area contributed by atoms with E-state index in [0.717, 1.165) is 27.8 Å². The van der Waals surface area contributed by atoms with Gasteiger partial charge in [0.15, 0.2) is 11.2 Å². The Morgan fingerprint density at radius 3 is 1.81 bits per heavy atom. The number of fused-ring (bicyclic) bond motifs is 1. The summed E-state index contributed by atoms with van der Waals surface area (Å²) in [5.74, 6) is -1.28. The second kappa shape index (κ2) is 8.69. The summed E-state index contributed by atoms with van der Waals surface area (Å²) in [6, 6.07) is 30.9. The lowest BCUT2D eigenvalue weighted by atomic mass is 9.74. The van der Waals surface area contributed by atoms with Crippen molar-refractivity contribution in [1.82, 2.24) is 0 Å². The van der Waals surface area contributed by atoms with Crippen molar-refractivity contribution in [1.29, 1.82) is 0 Å². The van der Waals surface area contributed by atoms with E-state index in [4.69, 9.17) is 19.2 Å². The monoisotopic (exact) mass is 492 g/mol.